The number of rotatable bonds is 4. The molecule has 0 aromatic heterocycles. The minimum Gasteiger partial charge on any atom is -0.377 e. The first kappa shape index (κ1) is 16.7. The van der Waals surface area contributed by atoms with E-state index in [0.717, 1.165) is 30.0 Å². The maximum Gasteiger partial charge on any atom is 0.270 e. The van der Waals surface area contributed by atoms with E-state index in [0.29, 0.717) is 5.02 Å². The largest absolute Gasteiger partial charge is 0.377 e. The molecule has 0 amide bonds. The fourth-order valence-electron chi connectivity index (χ4n) is 2.93. The summed E-state index contributed by atoms with van der Waals surface area (Å²) in [4.78, 5) is 9.91. The summed E-state index contributed by atoms with van der Waals surface area (Å²) in [6.07, 6.45) is 1.50. The number of nitrogens with two attached hydrogens (primary N) is 1. The first-order valence-corrected chi connectivity index (χ1v) is 9.05. The van der Waals surface area contributed by atoms with Crippen LogP contribution in [0.4, 0.5) is 11.4 Å². The summed E-state index contributed by atoms with van der Waals surface area (Å²) in [7, 11) is -4.11. The zero-order valence-corrected chi connectivity index (χ0v) is 14.0. The predicted octanol–water partition coefficient (Wildman–Crippen LogP) is 3.00. The van der Waals surface area contributed by atoms with Crippen molar-refractivity contribution in [2.45, 2.75) is 23.8 Å². The van der Waals surface area contributed by atoms with Gasteiger partial charge < -0.3 is 5.32 Å². The molecule has 0 radical (unpaired) electrons. The molecule has 1 unspecified atom stereocenters. The lowest BCUT2D eigenvalue weighted by molar-refractivity contribution is -0.385. The number of primary sulfonamides is 1. The zero-order valence-electron chi connectivity index (χ0n) is 12.4. The molecule has 1 atom stereocenters. The van der Waals surface area contributed by atoms with Gasteiger partial charge in [0.25, 0.3) is 5.69 Å². The Kier molecular flexibility index (Phi) is 4.20. The molecule has 9 heteroatoms. The van der Waals surface area contributed by atoms with Crippen molar-refractivity contribution in [2.24, 2.45) is 5.14 Å². The van der Waals surface area contributed by atoms with Crippen LogP contribution in [0.5, 0.6) is 0 Å². The molecule has 0 saturated carbocycles. The van der Waals surface area contributed by atoms with Gasteiger partial charge >= 0.3 is 0 Å². The molecule has 0 bridgehead atoms. The Hall–Kier alpha value is -2.16. The number of hydrogen-bond acceptors (Lipinski definition) is 5. The van der Waals surface area contributed by atoms with Crippen LogP contribution in [0.15, 0.2) is 41.3 Å². The third-order valence-corrected chi connectivity index (χ3v) is 5.33. The number of non-ortho nitro benzene ring substituents is 1. The predicted molar refractivity (Wildman–Crippen MR) is 90.6 cm³/mol. The van der Waals surface area contributed by atoms with Gasteiger partial charge in [-0.05, 0) is 36.1 Å². The highest BCUT2D eigenvalue weighted by molar-refractivity contribution is 7.89. The minimum absolute atomic E-state index is 0.138. The first-order chi connectivity index (χ1) is 11.3. The number of nitro groups is 1. The van der Waals surface area contributed by atoms with Gasteiger partial charge in [0, 0.05) is 17.2 Å². The van der Waals surface area contributed by atoms with Crippen LogP contribution in [0.2, 0.25) is 5.02 Å². The standard InChI is InChI=1S/C15H14ClN3O4S/c16-12-3-1-2-11-10(12)5-7-13(11)18-14-6-4-9(19(20)21)8-15(14)24(17,22)23/h1-4,6,8,13,18H,5,7H2,(H2,17,22,23). The summed E-state index contributed by atoms with van der Waals surface area (Å²) < 4.78 is 23.6. The van der Waals surface area contributed by atoms with Crippen LogP contribution in [-0.4, -0.2) is 13.3 Å². The molecule has 2 aromatic rings. The highest BCUT2D eigenvalue weighted by Crippen LogP contribution is 2.38. The maximum absolute atomic E-state index is 11.8. The van der Waals surface area contributed by atoms with E-state index >= 15 is 0 Å². The van der Waals surface area contributed by atoms with Gasteiger partial charge in [0.15, 0.2) is 0 Å². The number of halogens is 1. The van der Waals surface area contributed by atoms with Gasteiger partial charge in [-0.25, -0.2) is 13.6 Å². The fourth-order valence-corrected chi connectivity index (χ4v) is 3.92. The second kappa shape index (κ2) is 6.04. The Morgan fingerprint density at radius 2 is 2.04 bits per heavy atom. The zero-order chi connectivity index (χ0) is 17.5. The molecule has 1 aliphatic carbocycles. The Balaban J connectivity index is 2.00. The third kappa shape index (κ3) is 3.08. The lowest BCUT2D eigenvalue weighted by Crippen LogP contribution is -2.17. The second-order valence-electron chi connectivity index (χ2n) is 5.53. The molecule has 0 saturated heterocycles. The first-order valence-electron chi connectivity index (χ1n) is 7.12. The van der Waals surface area contributed by atoms with E-state index < -0.39 is 14.9 Å². The van der Waals surface area contributed by atoms with Crippen molar-refractivity contribution in [3.63, 3.8) is 0 Å². The Bertz CT molecular complexity index is 930. The van der Waals surface area contributed by atoms with Gasteiger partial charge in [-0.1, -0.05) is 23.7 Å². The summed E-state index contributed by atoms with van der Waals surface area (Å²) in [5, 5.41) is 19.9. The molecule has 0 spiro atoms. The van der Waals surface area contributed by atoms with E-state index in [1.165, 1.54) is 12.1 Å². The molecule has 126 valence electrons. The Labute approximate surface area is 143 Å². The van der Waals surface area contributed by atoms with Crippen LogP contribution in [-0.2, 0) is 16.4 Å². The molecular weight excluding hydrogens is 354 g/mol. The molecule has 0 fully saturated rings. The SMILES string of the molecule is NS(=O)(=O)c1cc([N+](=O)[O-])ccc1NC1CCc2c(Cl)cccc21. The summed E-state index contributed by atoms with van der Waals surface area (Å²) in [5.74, 6) is 0. The molecular formula is C15H14ClN3O4S. The summed E-state index contributed by atoms with van der Waals surface area (Å²) in [5.41, 5.74) is 1.91. The number of fused-ring (bicyclic) bond motifs is 1. The van der Waals surface area contributed by atoms with Gasteiger partial charge in [-0.3, -0.25) is 10.1 Å². The molecule has 3 rings (SSSR count). The van der Waals surface area contributed by atoms with Crippen LogP contribution in [0.1, 0.15) is 23.6 Å². The van der Waals surface area contributed by atoms with Crippen molar-refractivity contribution in [1.29, 1.82) is 0 Å². The number of hydrogen-bond donors (Lipinski definition) is 2. The molecule has 0 heterocycles. The van der Waals surface area contributed by atoms with Crippen LogP contribution in [0.25, 0.3) is 0 Å². The number of anilines is 1. The normalized spacial score (nSPS) is 16.7. The monoisotopic (exact) mass is 367 g/mol. The topological polar surface area (TPSA) is 115 Å². The Morgan fingerprint density at radius 1 is 1.29 bits per heavy atom. The molecule has 2 aromatic carbocycles. The number of benzene rings is 2. The van der Waals surface area contributed by atoms with Crippen LogP contribution in [0, 0.1) is 10.1 Å². The van der Waals surface area contributed by atoms with E-state index in [1.807, 2.05) is 18.2 Å². The average molecular weight is 368 g/mol. The van der Waals surface area contributed by atoms with Crippen molar-refractivity contribution in [1.82, 2.24) is 0 Å². The maximum atomic E-state index is 11.8. The summed E-state index contributed by atoms with van der Waals surface area (Å²) >= 11 is 6.18. The van der Waals surface area contributed by atoms with Gasteiger partial charge in [0.05, 0.1) is 16.7 Å². The van der Waals surface area contributed by atoms with Crippen molar-refractivity contribution >= 4 is 33.0 Å². The van der Waals surface area contributed by atoms with E-state index in [9.17, 15) is 18.5 Å². The lowest BCUT2D eigenvalue weighted by Gasteiger charge is -2.18. The molecule has 1 aliphatic rings. The van der Waals surface area contributed by atoms with Gasteiger partial charge in [-0.15, -0.1) is 0 Å². The Morgan fingerprint density at radius 3 is 2.71 bits per heavy atom. The molecule has 0 aliphatic heterocycles. The van der Waals surface area contributed by atoms with Crippen LogP contribution < -0.4 is 10.5 Å². The number of sulfonamides is 1. The van der Waals surface area contributed by atoms with Gasteiger partial charge in [0.2, 0.25) is 10.0 Å². The molecule has 7 nitrogen and oxygen atoms in total. The number of nitro benzene ring substituents is 1. The smallest absolute Gasteiger partial charge is 0.270 e. The van der Waals surface area contributed by atoms with Crippen LogP contribution >= 0.6 is 11.6 Å². The number of nitrogens with one attached hydrogen (secondary N) is 1. The van der Waals surface area contributed by atoms with Crippen LogP contribution in [0.3, 0.4) is 0 Å². The van der Waals surface area contributed by atoms with Crippen molar-refractivity contribution in [3.05, 3.63) is 62.7 Å². The van der Waals surface area contributed by atoms with Crippen molar-refractivity contribution < 1.29 is 13.3 Å². The second-order valence-corrected chi connectivity index (χ2v) is 7.46. The fraction of sp³-hybridized carbons (Fsp3) is 0.200. The van der Waals surface area contributed by atoms with Gasteiger partial charge in [-0.2, -0.15) is 0 Å². The summed E-state index contributed by atoms with van der Waals surface area (Å²) in [6, 6.07) is 8.99. The average Bonchev–Trinajstić information content (AvgIpc) is 2.91. The quantitative estimate of drug-likeness (QED) is 0.636. The van der Waals surface area contributed by atoms with E-state index in [4.69, 9.17) is 16.7 Å². The minimum atomic E-state index is -4.11. The molecule has 3 N–H and O–H groups in total. The lowest BCUT2D eigenvalue weighted by atomic mass is 10.1. The third-order valence-electron chi connectivity index (χ3n) is 4.03. The van der Waals surface area contributed by atoms with E-state index in [-0.39, 0.29) is 22.3 Å². The summed E-state index contributed by atoms with van der Waals surface area (Å²) in [6.45, 7) is 0. The van der Waals surface area contributed by atoms with E-state index in [2.05, 4.69) is 5.32 Å². The van der Waals surface area contributed by atoms with Crippen molar-refractivity contribution in [3.8, 4) is 0 Å². The van der Waals surface area contributed by atoms with E-state index in [1.54, 1.807) is 0 Å². The highest BCUT2D eigenvalue weighted by atomic mass is 35.5. The number of nitrogens with zero attached hydrogens (tertiary/aromatic N) is 1. The van der Waals surface area contributed by atoms with Gasteiger partial charge in [0.1, 0.15) is 4.90 Å². The highest BCUT2D eigenvalue weighted by Gasteiger charge is 2.26. The van der Waals surface area contributed by atoms with Crippen molar-refractivity contribution in [2.75, 3.05) is 5.32 Å². The molecule has 24 heavy (non-hydrogen) atoms.